The summed E-state index contributed by atoms with van der Waals surface area (Å²) in [5, 5.41) is 4.71. The fourth-order valence-corrected chi connectivity index (χ4v) is 3.60. The lowest BCUT2D eigenvalue weighted by Gasteiger charge is -2.25. The summed E-state index contributed by atoms with van der Waals surface area (Å²) in [6, 6.07) is 1.92. The third kappa shape index (κ3) is 3.45. The third-order valence-electron chi connectivity index (χ3n) is 3.28. The van der Waals surface area contributed by atoms with Crippen molar-refractivity contribution in [3.8, 4) is 0 Å². The fourth-order valence-electron chi connectivity index (χ4n) is 2.26. The molecule has 2 amide bonds. The third-order valence-corrected chi connectivity index (χ3v) is 4.94. The average molecular weight is 343 g/mol. The molecular weight excluding hydrogens is 328 g/mol. The zero-order chi connectivity index (χ0) is 13.9. The number of nitrogens with one attached hydrogen (secondary N) is 1. The monoisotopic (exact) mass is 342 g/mol. The van der Waals surface area contributed by atoms with Gasteiger partial charge in [0.15, 0.2) is 0 Å². The Bertz CT molecular complexity index is 518. The Morgan fingerprint density at radius 2 is 2.11 bits per heavy atom. The number of halogens is 1. The number of thiophene rings is 1. The molecule has 4 nitrogen and oxygen atoms in total. The van der Waals surface area contributed by atoms with Gasteiger partial charge in [-0.15, -0.1) is 11.3 Å². The van der Waals surface area contributed by atoms with E-state index in [4.69, 9.17) is 5.73 Å². The van der Waals surface area contributed by atoms with E-state index in [1.807, 2.05) is 11.4 Å². The Morgan fingerprint density at radius 3 is 2.63 bits per heavy atom. The van der Waals surface area contributed by atoms with E-state index in [2.05, 4.69) is 21.2 Å². The zero-order valence-corrected chi connectivity index (χ0v) is 12.7. The molecule has 1 fully saturated rings. The summed E-state index contributed by atoms with van der Waals surface area (Å²) in [7, 11) is 0. The molecule has 6 heteroatoms. The van der Waals surface area contributed by atoms with Crippen LogP contribution in [0.2, 0.25) is 0 Å². The number of rotatable bonds is 4. The van der Waals surface area contributed by atoms with Gasteiger partial charge < -0.3 is 11.1 Å². The maximum absolute atomic E-state index is 11.9. The molecule has 19 heavy (non-hydrogen) atoms. The molecule has 3 N–H and O–H groups in total. The van der Waals surface area contributed by atoms with Crippen molar-refractivity contribution in [2.45, 2.75) is 31.2 Å². The van der Waals surface area contributed by atoms with Crippen LogP contribution in [0.15, 0.2) is 22.0 Å². The van der Waals surface area contributed by atoms with E-state index in [-0.39, 0.29) is 5.91 Å². The molecule has 0 unspecified atom stereocenters. The molecule has 1 aromatic rings. The lowest BCUT2D eigenvalue weighted by Crippen LogP contribution is -2.55. The summed E-state index contributed by atoms with van der Waals surface area (Å²) in [4.78, 5) is 24.4. The Morgan fingerprint density at radius 1 is 1.42 bits per heavy atom. The highest BCUT2D eigenvalue weighted by molar-refractivity contribution is 9.10. The number of carbonyl (C=O) groups is 2. The van der Waals surface area contributed by atoms with Gasteiger partial charge >= 0.3 is 0 Å². The first-order valence-corrected chi connectivity index (χ1v) is 7.73. The molecule has 1 heterocycles. The highest BCUT2D eigenvalue weighted by Gasteiger charge is 2.40. The molecule has 102 valence electrons. The second-order valence-corrected chi connectivity index (χ2v) is 6.50. The second-order valence-electron chi connectivity index (χ2n) is 4.64. The largest absolute Gasteiger partial charge is 0.368 e. The van der Waals surface area contributed by atoms with Crippen LogP contribution < -0.4 is 11.1 Å². The van der Waals surface area contributed by atoms with Crippen molar-refractivity contribution in [2.24, 2.45) is 5.73 Å². The van der Waals surface area contributed by atoms with Crippen molar-refractivity contribution < 1.29 is 9.59 Å². The van der Waals surface area contributed by atoms with E-state index in [1.54, 1.807) is 6.08 Å². The number of carbonyl (C=O) groups excluding carboxylic acids is 2. The topological polar surface area (TPSA) is 72.2 Å². The van der Waals surface area contributed by atoms with Crippen molar-refractivity contribution in [3.63, 3.8) is 0 Å². The van der Waals surface area contributed by atoms with Crippen molar-refractivity contribution in [3.05, 3.63) is 26.9 Å². The Balaban J connectivity index is 2.00. The number of hydrogen-bond acceptors (Lipinski definition) is 3. The van der Waals surface area contributed by atoms with Crippen LogP contribution in [0.4, 0.5) is 0 Å². The molecular formula is C13H15BrN2O2S. The van der Waals surface area contributed by atoms with E-state index in [0.717, 1.165) is 22.2 Å². The lowest BCUT2D eigenvalue weighted by molar-refractivity contribution is -0.129. The van der Waals surface area contributed by atoms with E-state index < -0.39 is 11.4 Å². The fraction of sp³-hybridized carbons (Fsp3) is 0.385. The molecule has 0 radical (unpaired) electrons. The van der Waals surface area contributed by atoms with Gasteiger partial charge in [-0.2, -0.15) is 0 Å². The first-order chi connectivity index (χ1) is 9.02. The van der Waals surface area contributed by atoms with Gasteiger partial charge in [-0.3, -0.25) is 9.59 Å². The standard InChI is InChI=1S/C13H15BrN2O2S/c14-9-7-10(19-8-9)3-4-11(17)16-13(12(15)18)5-1-2-6-13/h3-4,7-8H,1-2,5-6H2,(H2,15,18)(H,16,17). The van der Waals surface area contributed by atoms with Gasteiger partial charge in [-0.25, -0.2) is 0 Å². The molecule has 2 rings (SSSR count). The van der Waals surface area contributed by atoms with Crippen LogP contribution in [0.25, 0.3) is 6.08 Å². The first-order valence-electron chi connectivity index (χ1n) is 6.06. The van der Waals surface area contributed by atoms with Crippen LogP contribution >= 0.6 is 27.3 Å². The van der Waals surface area contributed by atoms with E-state index in [1.165, 1.54) is 17.4 Å². The Labute approximate surface area is 124 Å². The van der Waals surface area contributed by atoms with Crippen LogP contribution in [-0.4, -0.2) is 17.4 Å². The molecule has 0 saturated heterocycles. The highest BCUT2D eigenvalue weighted by Crippen LogP contribution is 2.29. The van der Waals surface area contributed by atoms with Crippen LogP contribution in [-0.2, 0) is 9.59 Å². The molecule has 1 aliphatic rings. The second kappa shape index (κ2) is 5.88. The van der Waals surface area contributed by atoms with Gasteiger partial charge in [-0.1, -0.05) is 12.8 Å². The van der Waals surface area contributed by atoms with Crippen LogP contribution in [0.5, 0.6) is 0 Å². The maximum atomic E-state index is 11.9. The number of primary amides is 1. The van der Waals surface area contributed by atoms with Gasteiger partial charge in [-0.05, 0) is 40.9 Å². The SMILES string of the molecule is NC(=O)C1(NC(=O)C=Cc2cc(Br)cs2)CCCC1. The quantitative estimate of drug-likeness (QED) is 0.825. The number of hydrogen-bond donors (Lipinski definition) is 2. The molecule has 1 saturated carbocycles. The normalized spacial score (nSPS) is 17.7. The zero-order valence-electron chi connectivity index (χ0n) is 10.3. The molecule has 0 spiro atoms. The number of nitrogens with two attached hydrogens (primary N) is 1. The predicted octanol–water partition coefficient (Wildman–Crippen LogP) is 2.44. The lowest BCUT2D eigenvalue weighted by atomic mass is 9.96. The Hall–Kier alpha value is -1.14. The summed E-state index contributed by atoms with van der Waals surface area (Å²) >= 11 is 4.89. The van der Waals surface area contributed by atoms with Crippen molar-refractivity contribution in [1.82, 2.24) is 5.32 Å². The summed E-state index contributed by atoms with van der Waals surface area (Å²) in [5.41, 5.74) is 4.56. The number of amides is 2. The van der Waals surface area contributed by atoms with Gasteiger partial charge in [0.25, 0.3) is 0 Å². The van der Waals surface area contributed by atoms with Crippen LogP contribution in [0, 0.1) is 0 Å². The van der Waals surface area contributed by atoms with Gasteiger partial charge in [0.2, 0.25) is 11.8 Å². The molecule has 0 aromatic carbocycles. The molecule has 1 aliphatic carbocycles. The van der Waals surface area contributed by atoms with E-state index >= 15 is 0 Å². The van der Waals surface area contributed by atoms with Gasteiger partial charge in [0.1, 0.15) is 5.54 Å². The van der Waals surface area contributed by atoms with Crippen LogP contribution in [0.1, 0.15) is 30.6 Å². The van der Waals surface area contributed by atoms with E-state index in [0.29, 0.717) is 12.8 Å². The molecule has 1 aromatic heterocycles. The smallest absolute Gasteiger partial charge is 0.244 e. The molecule has 0 aliphatic heterocycles. The minimum absolute atomic E-state index is 0.273. The summed E-state index contributed by atoms with van der Waals surface area (Å²) < 4.78 is 0.988. The van der Waals surface area contributed by atoms with Gasteiger partial charge in [0.05, 0.1) is 0 Å². The highest BCUT2D eigenvalue weighted by atomic mass is 79.9. The van der Waals surface area contributed by atoms with Crippen LogP contribution in [0.3, 0.4) is 0 Å². The summed E-state index contributed by atoms with van der Waals surface area (Å²) in [6.45, 7) is 0. The first kappa shape index (κ1) is 14.3. The van der Waals surface area contributed by atoms with E-state index in [9.17, 15) is 9.59 Å². The van der Waals surface area contributed by atoms with Gasteiger partial charge in [0, 0.05) is 20.8 Å². The predicted molar refractivity (Wildman–Crippen MR) is 79.6 cm³/mol. The Kier molecular flexibility index (Phi) is 4.42. The summed E-state index contributed by atoms with van der Waals surface area (Å²) in [5.74, 6) is -0.712. The molecule has 0 atom stereocenters. The molecule has 0 bridgehead atoms. The van der Waals surface area contributed by atoms with Crippen molar-refractivity contribution >= 4 is 45.2 Å². The minimum atomic E-state index is -0.850. The average Bonchev–Trinajstić information content (AvgIpc) is 2.97. The minimum Gasteiger partial charge on any atom is -0.368 e. The maximum Gasteiger partial charge on any atom is 0.244 e. The van der Waals surface area contributed by atoms with Crippen molar-refractivity contribution in [1.29, 1.82) is 0 Å². The van der Waals surface area contributed by atoms with Crippen molar-refractivity contribution in [2.75, 3.05) is 0 Å². The summed E-state index contributed by atoms with van der Waals surface area (Å²) in [6.07, 6.45) is 6.28.